The minimum atomic E-state index is -0.144. The van der Waals surface area contributed by atoms with Crippen LogP contribution >= 0.6 is 0 Å². The molecule has 1 saturated heterocycles. The van der Waals surface area contributed by atoms with E-state index in [1.807, 2.05) is 30.0 Å². The number of amides is 2. The molecule has 3 rings (SSSR count). The molecule has 25 heavy (non-hydrogen) atoms. The second kappa shape index (κ2) is 7.46. The van der Waals surface area contributed by atoms with Crippen LogP contribution < -0.4 is 5.32 Å². The van der Waals surface area contributed by atoms with E-state index in [1.54, 1.807) is 24.0 Å². The van der Waals surface area contributed by atoms with Gasteiger partial charge in [-0.15, -0.1) is 0 Å². The molecule has 1 fully saturated rings. The normalized spacial score (nSPS) is 17.4. The summed E-state index contributed by atoms with van der Waals surface area (Å²) < 4.78 is 1.56. The van der Waals surface area contributed by atoms with Crippen LogP contribution in [0.3, 0.4) is 0 Å². The molecule has 0 spiro atoms. The van der Waals surface area contributed by atoms with E-state index in [0.29, 0.717) is 12.2 Å². The number of pyridine rings is 1. The first-order valence-corrected chi connectivity index (χ1v) is 8.57. The van der Waals surface area contributed by atoms with Gasteiger partial charge in [-0.25, -0.2) is 0 Å². The third kappa shape index (κ3) is 3.70. The van der Waals surface area contributed by atoms with Crippen molar-refractivity contribution in [3.8, 4) is 0 Å². The zero-order valence-electron chi connectivity index (χ0n) is 14.6. The van der Waals surface area contributed by atoms with Gasteiger partial charge in [0.1, 0.15) is 6.54 Å². The van der Waals surface area contributed by atoms with Gasteiger partial charge in [-0.2, -0.15) is 5.10 Å². The number of carbonyl (C=O) groups is 2. The summed E-state index contributed by atoms with van der Waals surface area (Å²) in [5, 5.41) is 6.91. The van der Waals surface area contributed by atoms with Gasteiger partial charge in [-0.05, 0) is 44.4 Å². The number of carbonyl (C=O) groups excluding carboxylic acids is 2. The highest BCUT2D eigenvalue weighted by Gasteiger charge is 2.31. The Morgan fingerprint density at radius 3 is 2.88 bits per heavy atom. The summed E-state index contributed by atoms with van der Waals surface area (Å²) in [6.07, 6.45) is 4.72. The molecule has 2 aromatic heterocycles. The van der Waals surface area contributed by atoms with Gasteiger partial charge in [0.15, 0.2) is 5.69 Å². The van der Waals surface area contributed by atoms with E-state index >= 15 is 0 Å². The Kier molecular flexibility index (Phi) is 5.11. The van der Waals surface area contributed by atoms with E-state index in [4.69, 9.17) is 0 Å². The molecule has 0 radical (unpaired) electrons. The van der Waals surface area contributed by atoms with Crippen LogP contribution in [-0.2, 0) is 11.3 Å². The van der Waals surface area contributed by atoms with Crippen LogP contribution in [0.15, 0.2) is 30.5 Å². The number of likely N-dealkylation sites (tertiary alicyclic amines) is 1. The molecule has 1 aliphatic rings. The lowest BCUT2D eigenvalue weighted by molar-refractivity contribution is -0.121. The Hall–Kier alpha value is -2.70. The molecule has 7 nitrogen and oxygen atoms in total. The van der Waals surface area contributed by atoms with E-state index in [0.717, 1.165) is 30.7 Å². The van der Waals surface area contributed by atoms with E-state index in [2.05, 4.69) is 15.4 Å². The maximum atomic E-state index is 13.0. The van der Waals surface area contributed by atoms with Crippen LogP contribution in [0, 0.1) is 6.92 Å². The Morgan fingerprint density at radius 2 is 2.16 bits per heavy atom. The molecular weight excluding hydrogens is 318 g/mol. The fourth-order valence-corrected chi connectivity index (χ4v) is 3.19. The first-order chi connectivity index (χ1) is 12.1. The summed E-state index contributed by atoms with van der Waals surface area (Å²) in [7, 11) is 1.58. The summed E-state index contributed by atoms with van der Waals surface area (Å²) in [6, 6.07) is 7.51. The second-order valence-electron chi connectivity index (χ2n) is 6.27. The molecule has 2 aromatic rings. The lowest BCUT2D eigenvalue weighted by Crippen LogP contribution is -2.39. The standard InChI is InChI=1S/C18H23N5O2/c1-13-11-15(21-23(13)12-17(24)19-2)18(25)22-10-6-4-8-16(22)14-7-3-5-9-20-14/h3,5,7,9,11,16H,4,6,8,10,12H2,1-2H3,(H,19,24). The van der Waals surface area contributed by atoms with Gasteiger partial charge in [0, 0.05) is 25.5 Å². The fraction of sp³-hybridized carbons (Fsp3) is 0.444. The Morgan fingerprint density at radius 1 is 1.32 bits per heavy atom. The van der Waals surface area contributed by atoms with Gasteiger partial charge in [0.2, 0.25) is 5.91 Å². The molecule has 0 aliphatic carbocycles. The van der Waals surface area contributed by atoms with Crippen LogP contribution in [0.1, 0.15) is 47.2 Å². The van der Waals surface area contributed by atoms with Crippen molar-refractivity contribution in [1.82, 2.24) is 25.0 Å². The predicted octanol–water partition coefficient (Wildman–Crippen LogP) is 1.70. The van der Waals surface area contributed by atoms with E-state index in [-0.39, 0.29) is 24.4 Å². The number of nitrogens with one attached hydrogen (secondary N) is 1. The molecule has 3 heterocycles. The zero-order valence-corrected chi connectivity index (χ0v) is 14.6. The SMILES string of the molecule is CNC(=O)Cn1nc(C(=O)N2CCCCC2c2ccccn2)cc1C. The minimum Gasteiger partial charge on any atom is -0.358 e. The van der Waals surface area contributed by atoms with Crippen molar-refractivity contribution < 1.29 is 9.59 Å². The molecule has 1 atom stereocenters. The maximum absolute atomic E-state index is 13.0. The highest BCUT2D eigenvalue weighted by atomic mass is 16.2. The molecule has 0 aromatic carbocycles. The molecule has 1 N–H and O–H groups in total. The highest BCUT2D eigenvalue weighted by Crippen LogP contribution is 2.30. The molecule has 1 aliphatic heterocycles. The number of aromatic nitrogens is 3. The predicted molar refractivity (Wildman–Crippen MR) is 92.9 cm³/mol. The third-order valence-electron chi connectivity index (χ3n) is 4.57. The lowest BCUT2D eigenvalue weighted by atomic mass is 9.98. The second-order valence-corrected chi connectivity index (χ2v) is 6.27. The highest BCUT2D eigenvalue weighted by molar-refractivity contribution is 5.92. The lowest BCUT2D eigenvalue weighted by Gasteiger charge is -2.34. The summed E-state index contributed by atoms with van der Waals surface area (Å²) in [6.45, 7) is 2.65. The minimum absolute atomic E-state index is 0.0214. The monoisotopic (exact) mass is 341 g/mol. The number of hydrogen-bond acceptors (Lipinski definition) is 4. The fourth-order valence-electron chi connectivity index (χ4n) is 3.19. The smallest absolute Gasteiger partial charge is 0.274 e. The number of hydrogen-bond donors (Lipinski definition) is 1. The van der Waals surface area contributed by atoms with Crippen molar-refractivity contribution in [2.24, 2.45) is 0 Å². The Bertz CT molecular complexity index is 756. The van der Waals surface area contributed by atoms with Gasteiger partial charge in [-0.1, -0.05) is 6.07 Å². The first-order valence-electron chi connectivity index (χ1n) is 8.57. The van der Waals surface area contributed by atoms with Crippen molar-refractivity contribution in [2.45, 2.75) is 38.8 Å². The average molecular weight is 341 g/mol. The number of aryl methyl sites for hydroxylation is 1. The summed E-state index contributed by atoms with van der Waals surface area (Å²) >= 11 is 0. The van der Waals surface area contributed by atoms with E-state index < -0.39 is 0 Å². The van der Waals surface area contributed by atoms with Gasteiger partial charge >= 0.3 is 0 Å². The molecular formula is C18H23N5O2. The molecule has 0 saturated carbocycles. The number of rotatable bonds is 4. The van der Waals surface area contributed by atoms with Gasteiger partial charge in [-0.3, -0.25) is 19.3 Å². The van der Waals surface area contributed by atoms with E-state index in [9.17, 15) is 9.59 Å². The third-order valence-corrected chi connectivity index (χ3v) is 4.57. The zero-order chi connectivity index (χ0) is 17.8. The van der Waals surface area contributed by atoms with Crippen LogP contribution in [0.25, 0.3) is 0 Å². The average Bonchev–Trinajstić information content (AvgIpc) is 3.02. The van der Waals surface area contributed by atoms with Crippen molar-refractivity contribution in [1.29, 1.82) is 0 Å². The molecule has 0 bridgehead atoms. The molecule has 1 unspecified atom stereocenters. The number of likely N-dealkylation sites (N-methyl/N-ethyl adjacent to an activating group) is 1. The summed E-state index contributed by atoms with van der Waals surface area (Å²) in [5.41, 5.74) is 2.08. The summed E-state index contributed by atoms with van der Waals surface area (Å²) in [5.74, 6) is -0.247. The largest absolute Gasteiger partial charge is 0.358 e. The Labute approximate surface area is 147 Å². The van der Waals surface area contributed by atoms with Crippen LogP contribution in [0.4, 0.5) is 0 Å². The van der Waals surface area contributed by atoms with Gasteiger partial charge in [0.25, 0.3) is 5.91 Å². The first kappa shape index (κ1) is 17.1. The number of piperidine rings is 1. The molecule has 7 heteroatoms. The van der Waals surface area contributed by atoms with E-state index in [1.165, 1.54) is 0 Å². The maximum Gasteiger partial charge on any atom is 0.274 e. The van der Waals surface area contributed by atoms with Crippen molar-refractivity contribution in [3.63, 3.8) is 0 Å². The van der Waals surface area contributed by atoms with Crippen molar-refractivity contribution in [3.05, 3.63) is 47.5 Å². The number of nitrogens with zero attached hydrogens (tertiary/aromatic N) is 4. The quantitative estimate of drug-likeness (QED) is 0.918. The topological polar surface area (TPSA) is 80.1 Å². The molecule has 132 valence electrons. The van der Waals surface area contributed by atoms with Gasteiger partial charge < -0.3 is 10.2 Å². The van der Waals surface area contributed by atoms with Crippen molar-refractivity contribution in [2.75, 3.05) is 13.6 Å². The van der Waals surface area contributed by atoms with Crippen LogP contribution in [0.5, 0.6) is 0 Å². The Balaban J connectivity index is 1.83. The summed E-state index contributed by atoms with van der Waals surface area (Å²) in [4.78, 5) is 30.9. The van der Waals surface area contributed by atoms with Crippen molar-refractivity contribution >= 4 is 11.8 Å². The molecule has 2 amide bonds. The van der Waals surface area contributed by atoms with Gasteiger partial charge in [0.05, 0.1) is 11.7 Å². The van der Waals surface area contributed by atoms with Crippen LogP contribution in [-0.4, -0.2) is 45.1 Å². The van der Waals surface area contributed by atoms with Crippen LogP contribution in [0.2, 0.25) is 0 Å².